The molecule has 0 radical (unpaired) electrons. The van der Waals surface area contributed by atoms with Crippen molar-refractivity contribution in [2.45, 2.75) is 38.5 Å². The number of nitrogens with one attached hydrogen (secondary N) is 1. The quantitative estimate of drug-likeness (QED) is 0.873. The Bertz CT molecular complexity index is 523. The van der Waals surface area contributed by atoms with Crippen LogP contribution >= 0.6 is 11.3 Å². The van der Waals surface area contributed by atoms with Gasteiger partial charge in [0.2, 0.25) is 0 Å². The topological polar surface area (TPSA) is 51.0 Å². The third-order valence-corrected chi connectivity index (χ3v) is 4.75. The Morgan fingerprint density at radius 1 is 1.32 bits per heavy atom. The van der Waals surface area contributed by atoms with Gasteiger partial charge in [-0.25, -0.2) is 0 Å². The second-order valence-electron chi connectivity index (χ2n) is 4.99. The van der Waals surface area contributed by atoms with E-state index in [0.29, 0.717) is 5.89 Å². The summed E-state index contributed by atoms with van der Waals surface area (Å²) in [5, 5.41) is 7.13. The summed E-state index contributed by atoms with van der Waals surface area (Å²) in [6.45, 7) is 0.875. The fourth-order valence-electron chi connectivity index (χ4n) is 2.47. The lowest BCUT2D eigenvalue weighted by molar-refractivity contribution is 0.423. The van der Waals surface area contributed by atoms with E-state index >= 15 is 0 Å². The van der Waals surface area contributed by atoms with Gasteiger partial charge < -0.3 is 9.84 Å². The molecular weight excluding hydrogens is 258 g/mol. The number of rotatable bonds is 4. The zero-order valence-electron chi connectivity index (χ0n) is 11.2. The predicted octanol–water partition coefficient (Wildman–Crippen LogP) is 2.83. The molecule has 1 N–H and O–H groups in total. The van der Waals surface area contributed by atoms with E-state index in [1.54, 1.807) is 0 Å². The summed E-state index contributed by atoms with van der Waals surface area (Å²) in [5.74, 6) is 1.47. The number of nitrogens with zero attached hydrogens (tertiary/aromatic N) is 2. The van der Waals surface area contributed by atoms with Crippen LogP contribution in [0.2, 0.25) is 0 Å². The van der Waals surface area contributed by atoms with Crippen molar-refractivity contribution >= 4 is 11.3 Å². The van der Waals surface area contributed by atoms with E-state index in [-0.39, 0.29) is 0 Å². The molecule has 0 spiro atoms. The largest absolute Gasteiger partial charge is 0.333 e. The summed E-state index contributed by atoms with van der Waals surface area (Å²) < 4.78 is 5.38. The minimum atomic E-state index is 0.684. The third-order valence-electron chi connectivity index (χ3n) is 3.52. The normalized spacial score (nSPS) is 15.2. The lowest BCUT2D eigenvalue weighted by Gasteiger charge is -1.92. The Labute approximate surface area is 117 Å². The van der Waals surface area contributed by atoms with Gasteiger partial charge in [-0.2, -0.15) is 4.98 Å². The first-order valence-electron chi connectivity index (χ1n) is 6.96. The van der Waals surface area contributed by atoms with Crippen LogP contribution in [0.15, 0.2) is 10.6 Å². The van der Waals surface area contributed by atoms with Gasteiger partial charge in [-0.05, 0) is 44.4 Å². The molecule has 0 fully saturated rings. The van der Waals surface area contributed by atoms with Crippen molar-refractivity contribution in [2.75, 3.05) is 13.6 Å². The van der Waals surface area contributed by atoms with Gasteiger partial charge >= 0.3 is 0 Å². The number of aromatic nitrogens is 2. The van der Waals surface area contributed by atoms with E-state index in [0.717, 1.165) is 23.7 Å². The maximum Gasteiger partial charge on any atom is 0.268 e. The fourth-order valence-corrected chi connectivity index (χ4v) is 3.64. The molecule has 1 aliphatic carbocycles. The number of hydrogen-bond donors (Lipinski definition) is 1. The molecule has 0 unspecified atom stereocenters. The number of thiophene rings is 1. The average Bonchev–Trinajstić information content (AvgIpc) is 2.99. The Morgan fingerprint density at radius 2 is 2.21 bits per heavy atom. The number of hydrogen-bond acceptors (Lipinski definition) is 5. The first-order chi connectivity index (χ1) is 9.36. The Kier molecular flexibility index (Phi) is 3.94. The highest BCUT2D eigenvalue weighted by Crippen LogP contribution is 2.34. The fraction of sp³-hybridized carbons (Fsp3) is 0.571. The number of likely N-dealkylation sites (N-methyl/N-ethyl adjacent to an activating group) is 1. The summed E-state index contributed by atoms with van der Waals surface area (Å²) in [5.41, 5.74) is 1.49. The van der Waals surface area contributed by atoms with Crippen molar-refractivity contribution in [1.82, 2.24) is 15.5 Å². The summed E-state index contributed by atoms with van der Waals surface area (Å²) in [6.07, 6.45) is 7.19. The summed E-state index contributed by atoms with van der Waals surface area (Å²) in [6, 6.07) is 2.25. The molecule has 102 valence electrons. The van der Waals surface area contributed by atoms with E-state index < -0.39 is 0 Å². The number of aryl methyl sites for hydroxylation is 2. The molecule has 3 rings (SSSR count). The highest BCUT2D eigenvalue weighted by molar-refractivity contribution is 7.15. The highest BCUT2D eigenvalue weighted by Gasteiger charge is 2.16. The van der Waals surface area contributed by atoms with Crippen molar-refractivity contribution in [2.24, 2.45) is 0 Å². The molecule has 0 atom stereocenters. The molecule has 2 aromatic rings. The molecule has 0 saturated heterocycles. The molecular formula is C14H19N3OS. The zero-order chi connectivity index (χ0) is 13.1. The van der Waals surface area contributed by atoms with Crippen LogP contribution in [0.4, 0.5) is 0 Å². The minimum absolute atomic E-state index is 0.684. The molecule has 0 aromatic carbocycles. The maximum atomic E-state index is 5.38. The monoisotopic (exact) mass is 277 g/mol. The first-order valence-corrected chi connectivity index (χ1v) is 7.77. The van der Waals surface area contributed by atoms with Crippen molar-refractivity contribution in [3.63, 3.8) is 0 Å². The summed E-state index contributed by atoms with van der Waals surface area (Å²) in [7, 11) is 1.93. The maximum absolute atomic E-state index is 5.38. The van der Waals surface area contributed by atoms with Gasteiger partial charge in [0.1, 0.15) is 0 Å². The van der Waals surface area contributed by atoms with E-state index in [1.165, 1.54) is 42.5 Å². The Balaban J connectivity index is 1.80. The SMILES string of the molecule is CNCCc1noc(-c2cc3c(s2)CCCCC3)n1. The highest BCUT2D eigenvalue weighted by atomic mass is 32.1. The van der Waals surface area contributed by atoms with Gasteiger partial charge in [0, 0.05) is 17.8 Å². The summed E-state index contributed by atoms with van der Waals surface area (Å²) in [4.78, 5) is 7.13. The van der Waals surface area contributed by atoms with Gasteiger partial charge in [-0.1, -0.05) is 11.6 Å². The second-order valence-corrected chi connectivity index (χ2v) is 6.13. The molecule has 5 heteroatoms. The van der Waals surface area contributed by atoms with Gasteiger partial charge in [0.05, 0.1) is 4.88 Å². The van der Waals surface area contributed by atoms with E-state index in [9.17, 15) is 0 Å². The van der Waals surface area contributed by atoms with Crippen LogP contribution in [0.25, 0.3) is 10.8 Å². The number of fused-ring (bicyclic) bond motifs is 1. The van der Waals surface area contributed by atoms with Crippen LogP contribution in [-0.4, -0.2) is 23.7 Å². The smallest absolute Gasteiger partial charge is 0.268 e. The van der Waals surface area contributed by atoms with Crippen molar-refractivity contribution in [1.29, 1.82) is 0 Å². The zero-order valence-corrected chi connectivity index (χ0v) is 12.1. The molecule has 1 aliphatic rings. The molecule has 19 heavy (non-hydrogen) atoms. The van der Waals surface area contributed by atoms with Crippen LogP contribution in [0, 0.1) is 0 Å². The van der Waals surface area contributed by atoms with Crippen LogP contribution in [0.5, 0.6) is 0 Å². The Hall–Kier alpha value is -1.20. The molecule has 2 aromatic heterocycles. The third kappa shape index (κ3) is 2.87. The Morgan fingerprint density at radius 3 is 3.11 bits per heavy atom. The van der Waals surface area contributed by atoms with E-state index in [4.69, 9.17) is 4.52 Å². The van der Waals surface area contributed by atoms with Crippen LogP contribution in [0.3, 0.4) is 0 Å². The molecule has 0 amide bonds. The lowest BCUT2D eigenvalue weighted by atomic mass is 10.1. The summed E-state index contributed by atoms with van der Waals surface area (Å²) >= 11 is 1.83. The second kappa shape index (κ2) is 5.84. The van der Waals surface area contributed by atoms with Crippen molar-refractivity contribution in [3.8, 4) is 10.8 Å². The molecule has 4 nitrogen and oxygen atoms in total. The molecule has 2 heterocycles. The van der Waals surface area contributed by atoms with Crippen molar-refractivity contribution in [3.05, 3.63) is 22.3 Å². The van der Waals surface area contributed by atoms with E-state index in [2.05, 4.69) is 21.5 Å². The minimum Gasteiger partial charge on any atom is -0.333 e. The first kappa shape index (κ1) is 12.8. The molecule has 0 bridgehead atoms. The van der Waals surface area contributed by atoms with Crippen LogP contribution in [0.1, 0.15) is 35.5 Å². The lowest BCUT2D eigenvalue weighted by Crippen LogP contribution is -2.10. The molecule has 0 aliphatic heterocycles. The van der Waals surface area contributed by atoms with Gasteiger partial charge in [0.25, 0.3) is 5.89 Å². The predicted molar refractivity (Wildman–Crippen MR) is 76.5 cm³/mol. The van der Waals surface area contributed by atoms with Crippen LogP contribution in [-0.2, 0) is 19.3 Å². The van der Waals surface area contributed by atoms with Gasteiger partial charge in [-0.15, -0.1) is 11.3 Å². The van der Waals surface area contributed by atoms with Gasteiger partial charge in [0.15, 0.2) is 5.82 Å². The van der Waals surface area contributed by atoms with E-state index in [1.807, 2.05) is 18.4 Å². The van der Waals surface area contributed by atoms with Gasteiger partial charge in [-0.3, -0.25) is 0 Å². The standard InChI is InChI=1S/C14H19N3OS/c1-15-8-7-13-16-14(18-17-13)12-9-10-5-3-2-4-6-11(10)19-12/h9,15H,2-8H2,1H3. The van der Waals surface area contributed by atoms with Crippen LogP contribution < -0.4 is 5.32 Å². The van der Waals surface area contributed by atoms with Crippen molar-refractivity contribution < 1.29 is 4.52 Å². The average molecular weight is 277 g/mol. The molecule has 0 saturated carbocycles.